The number of hydrogen-bond acceptors (Lipinski definition) is 7. The van der Waals surface area contributed by atoms with Crippen LogP contribution in [0.15, 0.2) is 48.0 Å². The zero-order valence-corrected chi connectivity index (χ0v) is 24.9. The van der Waals surface area contributed by atoms with Gasteiger partial charge in [-0.1, -0.05) is 31.9 Å². The van der Waals surface area contributed by atoms with Crippen molar-refractivity contribution >= 4 is 17.4 Å². The third kappa shape index (κ3) is 7.68. The number of morpholine rings is 1. The van der Waals surface area contributed by atoms with E-state index in [1.807, 2.05) is 51.1 Å². The zero-order chi connectivity index (χ0) is 29.4. The summed E-state index contributed by atoms with van der Waals surface area (Å²) in [5.41, 5.74) is 2.14. The molecule has 1 unspecified atom stereocenters. The average molecular weight is 565 g/mol. The fourth-order valence-corrected chi connectivity index (χ4v) is 5.43. The summed E-state index contributed by atoms with van der Waals surface area (Å²) in [7, 11) is 0. The van der Waals surface area contributed by atoms with Crippen molar-refractivity contribution in [1.29, 1.82) is 0 Å². The standard InChI is InChI=1S/C33H44N2O6/c1-5-6-7-19-40-26-11-9-25(10-12-26)30-29(31(36)28-14-13-27(22-24(28)4)41-23(2)3)32(37)33(38)35(30)16-8-15-34-17-20-39-21-18-34/h9-14,22-23,30,36H,5-8,15-21H2,1-4H3. The minimum absolute atomic E-state index is 0.00947. The number of ketones is 1. The molecule has 8 heteroatoms. The highest BCUT2D eigenvalue weighted by molar-refractivity contribution is 6.46. The molecule has 0 aliphatic carbocycles. The molecule has 2 aliphatic rings. The Morgan fingerprint density at radius 3 is 2.37 bits per heavy atom. The van der Waals surface area contributed by atoms with Crippen molar-refractivity contribution in [3.8, 4) is 11.5 Å². The second-order valence-electron chi connectivity index (χ2n) is 11.1. The van der Waals surface area contributed by atoms with Crippen molar-refractivity contribution in [2.75, 3.05) is 46.0 Å². The number of aryl methyl sites for hydroxylation is 1. The number of carbonyl (C=O) groups is 2. The van der Waals surface area contributed by atoms with Crippen LogP contribution in [0.25, 0.3) is 5.76 Å². The van der Waals surface area contributed by atoms with Crippen LogP contribution in [-0.2, 0) is 14.3 Å². The van der Waals surface area contributed by atoms with Crippen LogP contribution in [0, 0.1) is 6.92 Å². The molecule has 41 heavy (non-hydrogen) atoms. The van der Waals surface area contributed by atoms with Crippen molar-refractivity contribution in [2.45, 2.75) is 65.5 Å². The number of aliphatic hydroxyl groups excluding tert-OH is 1. The predicted molar refractivity (Wildman–Crippen MR) is 159 cm³/mol. The van der Waals surface area contributed by atoms with Gasteiger partial charge in [0, 0.05) is 31.7 Å². The molecule has 2 heterocycles. The van der Waals surface area contributed by atoms with Crippen LogP contribution < -0.4 is 9.47 Å². The Morgan fingerprint density at radius 1 is 1.00 bits per heavy atom. The fourth-order valence-electron chi connectivity index (χ4n) is 5.43. The summed E-state index contributed by atoms with van der Waals surface area (Å²) in [6, 6.07) is 12.2. The lowest BCUT2D eigenvalue weighted by Crippen LogP contribution is -2.38. The highest BCUT2D eigenvalue weighted by atomic mass is 16.5. The first kappa shape index (κ1) is 30.6. The Bertz CT molecular complexity index is 1220. The summed E-state index contributed by atoms with van der Waals surface area (Å²) >= 11 is 0. The Labute approximate surface area is 243 Å². The van der Waals surface area contributed by atoms with E-state index >= 15 is 0 Å². The van der Waals surface area contributed by atoms with E-state index in [2.05, 4.69) is 11.8 Å². The van der Waals surface area contributed by atoms with Crippen LogP contribution in [0.5, 0.6) is 11.5 Å². The van der Waals surface area contributed by atoms with Gasteiger partial charge in [0.05, 0.1) is 37.5 Å². The summed E-state index contributed by atoms with van der Waals surface area (Å²) in [4.78, 5) is 30.8. The molecule has 0 aromatic heterocycles. The van der Waals surface area contributed by atoms with Crippen LogP contribution in [0.2, 0.25) is 0 Å². The lowest BCUT2D eigenvalue weighted by atomic mass is 9.93. The molecule has 2 saturated heterocycles. The Morgan fingerprint density at radius 2 is 1.71 bits per heavy atom. The zero-order valence-electron chi connectivity index (χ0n) is 24.9. The smallest absolute Gasteiger partial charge is 0.295 e. The van der Waals surface area contributed by atoms with E-state index in [-0.39, 0.29) is 17.4 Å². The molecule has 4 rings (SSSR count). The number of unbranched alkanes of at least 4 members (excludes halogenated alkanes) is 2. The van der Waals surface area contributed by atoms with E-state index in [0.717, 1.165) is 55.8 Å². The highest BCUT2D eigenvalue weighted by Gasteiger charge is 2.46. The summed E-state index contributed by atoms with van der Waals surface area (Å²) in [5.74, 6) is 0.00317. The minimum Gasteiger partial charge on any atom is -0.507 e. The third-order valence-electron chi connectivity index (χ3n) is 7.55. The molecule has 2 fully saturated rings. The molecule has 0 radical (unpaired) electrons. The van der Waals surface area contributed by atoms with Gasteiger partial charge in [0.1, 0.15) is 17.3 Å². The van der Waals surface area contributed by atoms with Crippen LogP contribution in [0.3, 0.4) is 0 Å². The number of carbonyl (C=O) groups excluding carboxylic acids is 2. The molecule has 2 aromatic rings. The van der Waals surface area contributed by atoms with Crippen LogP contribution in [0.1, 0.15) is 69.2 Å². The maximum Gasteiger partial charge on any atom is 0.295 e. The van der Waals surface area contributed by atoms with Crippen molar-refractivity contribution < 1.29 is 28.9 Å². The van der Waals surface area contributed by atoms with Gasteiger partial charge >= 0.3 is 0 Å². The molecule has 2 aliphatic heterocycles. The van der Waals surface area contributed by atoms with Gasteiger partial charge in [0.2, 0.25) is 0 Å². The van der Waals surface area contributed by atoms with Gasteiger partial charge in [-0.3, -0.25) is 14.5 Å². The Balaban J connectivity index is 1.64. The normalized spacial score (nSPS) is 19.2. The number of amides is 1. The third-order valence-corrected chi connectivity index (χ3v) is 7.55. The number of hydrogen-bond donors (Lipinski definition) is 1. The molecule has 8 nitrogen and oxygen atoms in total. The molecule has 1 N–H and O–H groups in total. The number of aliphatic hydroxyl groups is 1. The number of benzene rings is 2. The molecule has 0 spiro atoms. The molecule has 222 valence electrons. The maximum atomic E-state index is 13.5. The Kier molecular flexibility index (Phi) is 10.8. The second kappa shape index (κ2) is 14.5. The second-order valence-corrected chi connectivity index (χ2v) is 11.1. The van der Waals surface area contributed by atoms with Crippen LogP contribution >= 0.6 is 0 Å². The average Bonchev–Trinajstić information content (AvgIpc) is 3.21. The first-order chi connectivity index (χ1) is 19.8. The number of likely N-dealkylation sites (tertiary alicyclic amines) is 1. The first-order valence-corrected chi connectivity index (χ1v) is 14.9. The first-order valence-electron chi connectivity index (χ1n) is 14.9. The summed E-state index contributed by atoms with van der Waals surface area (Å²) in [6.07, 6.45) is 3.94. The number of nitrogens with zero attached hydrogens (tertiary/aromatic N) is 2. The summed E-state index contributed by atoms with van der Waals surface area (Å²) in [6.45, 7) is 12.9. The van der Waals surface area contributed by atoms with Gasteiger partial charge in [-0.25, -0.2) is 0 Å². The van der Waals surface area contributed by atoms with Gasteiger partial charge in [0.15, 0.2) is 0 Å². The molecule has 0 bridgehead atoms. The van der Waals surface area contributed by atoms with E-state index in [0.29, 0.717) is 44.1 Å². The number of Topliss-reactive ketones (excluding diaryl/α,β-unsaturated/α-hetero) is 1. The lowest BCUT2D eigenvalue weighted by molar-refractivity contribution is -0.140. The summed E-state index contributed by atoms with van der Waals surface area (Å²) < 4.78 is 17.1. The van der Waals surface area contributed by atoms with E-state index in [1.165, 1.54) is 0 Å². The summed E-state index contributed by atoms with van der Waals surface area (Å²) in [5, 5.41) is 11.6. The van der Waals surface area contributed by atoms with E-state index in [4.69, 9.17) is 14.2 Å². The molecule has 0 saturated carbocycles. The molecule has 1 amide bonds. The van der Waals surface area contributed by atoms with Gasteiger partial charge < -0.3 is 24.2 Å². The van der Waals surface area contributed by atoms with Gasteiger partial charge in [-0.2, -0.15) is 0 Å². The Hall–Kier alpha value is -3.36. The van der Waals surface area contributed by atoms with Crippen molar-refractivity contribution in [3.63, 3.8) is 0 Å². The minimum atomic E-state index is -0.695. The molecule has 1 atom stereocenters. The lowest BCUT2D eigenvalue weighted by Gasteiger charge is -2.29. The van der Waals surface area contributed by atoms with Gasteiger partial charge in [0.25, 0.3) is 11.7 Å². The monoisotopic (exact) mass is 564 g/mol. The quantitative estimate of drug-likeness (QED) is 0.149. The predicted octanol–water partition coefficient (Wildman–Crippen LogP) is 5.50. The SMILES string of the molecule is CCCCCOc1ccc(C2C(=C(O)c3ccc(OC(C)C)cc3C)C(=O)C(=O)N2CCCN2CCOCC2)cc1. The van der Waals surface area contributed by atoms with Gasteiger partial charge in [-0.15, -0.1) is 0 Å². The number of rotatable bonds is 13. The van der Waals surface area contributed by atoms with E-state index in [9.17, 15) is 14.7 Å². The molecular formula is C33H44N2O6. The molecule has 2 aromatic carbocycles. The topological polar surface area (TPSA) is 88.5 Å². The van der Waals surface area contributed by atoms with Crippen LogP contribution in [0.4, 0.5) is 0 Å². The van der Waals surface area contributed by atoms with Gasteiger partial charge in [-0.05, 0) is 75.1 Å². The van der Waals surface area contributed by atoms with E-state index < -0.39 is 17.7 Å². The fraction of sp³-hybridized carbons (Fsp3) is 0.515. The maximum absolute atomic E-state index is 13.5. The highest BCUT2D eigenvalue weighted by Crippen LogP contribution is 2.40. The van der Waals surface area contributed by atoms with Crippen molar-refractivity contribution in [2.24, 2.45) is 0 Å². The largest absolute Gasteiger partial charge is 0.507 e. The van der Waals surface area contributed by atoms with Crippen LogP contribution in [-0.4, -0.2) is 78.7 Å². The van der Waals surface area contributed by atoms with E-state index in [1.54, 1.807) is 17.0 Å². The molecular weight excluding hydrogens is 520 g/mol. The number of ether oxygens (including phenoxy) is 3. The van der Waals surface area contributed by atoms with Crippen molar-refractivity contribution in [3.05, 3.63) is 64.7 Å². The van der Waals surface area contributed by atoms with Crippen molar-refractivity contribution in [1.82, 2.24) is 9.80 Å².